The van der Waals surface area contributed by atoms with Crippen molar-refractivity contribution < 1.29 is 44.2 Å². The van der Waals surface area contributed by atoms with Crippen molar-refractivity contribution in [3.8, 4) is 0 Å². The van der Waals surface area contributed by atoms with E-state index in [9.17, 15) is 25.2 Å². The zero-order valence-electron chi connectivity index (χ0n) is 25.9. The van der Waals surface area contributed by atoms with Gasteiger partial charge in [-0.25, -0.2) is 5.43 Å². The normalized spacial score (nSPS) is 39.8. The van der Waals surface area contributed by atoms with Crippen LogP contribution in [0.1, 0.15) is 26.2 Å². The zero-order valence-corrected chi connectivity index (χ0v) is 25.9. The second-order valence-electron chi connectivity index (χ2n) is 12.3. The summed E-state index contributed by atoms with van der Waals surface area (Å²) < 4.78 is 24.3. The van der Waals surface area contributed by atoms with Crippen molar-refractivity contribution >= 4 is 5.91 Å². The standard InChI is InChI=1S/C27H53N9O9/c1-27(41)11-42-26(20(39)23(27)31-2)45-22-17(36-24(40)18(37)5-6-33-34-12-29)7-15(30)21(19(22)38)44-25-16(35-13-9-32-10-13)4-3-14(8-28)43-25/h3,13,15-23,25-26,31-35,37-39,41H,4-12,28-30H2,1-2H3,(H,36,40)/t15-,16+,17+,18-,19-,20+,21?,22-,23+,25+,26+,27-/m0/s1. The number of rotatable bonds is 15. The number of nitrogens with one attached hydrogen (secondary N) is 6. The zero-order chi connectivity index (χ0) is 32.7. The summed E-state index contributed by atoms with van der Waals surface area (Å²) in [5.41, 5.74) is 21.8. The highest BCUT2D eigenvalue weighted by Gasteiger charge is 2.52. The largest absolute Gasteiger partial charge is 0.467 e. The number of hydrogen-bond acceptors (Lipinski definition) is 17. The minimum atomic E-state index is -1.43. The van der Waals surface area contributed by atoms with Crippen LogP contribution >= 0.6 is 0 Å². The Balaban J connectivity index is 1.51. The Bertz CT molecular complexity index is 978. The number of likely N-dealkylation sites (N-methyl/N-ethyl adjacent to an activating group) is 1. The third-order valence-corrected chi connectivity index (χ3v) is 8.77. The fraction of sp³-hybridized carbons (Fsp3) is 0.889. The van der Waals surface area contributed by atoms with E-state index in [0.717, 1.165) is 13.1 Å². The Morgan fingerprint density at radius 2 is 1.89 bits per heavy atom. The number of hydrogen-bond donors (Lipinski definition) is 13. The lowest BCUT2D eigenvalue weighted by atomic mass is 9.83. The molecule has 16 N–H and O–H groups in total. The van der Waals surface area contributed by atoms with Crippen LogP contribution in [0.5, 0.6) is 0 Å². The lowest BCUT2D eigenvalue weighted by Gasteiger charge is -2.49. The lowest BCUT2D eigenvalue weighted by molar-refractivity contribution is -0.304. The molecule has 2 saturated heterocycles. The van der Waals surface area contributed by atoms with Crippen LogP contribution in [-0.2, 0) is 23.7 Å². The van der Waals surface area contributed by atoms with Gasteiger partial charge in [0.1, 0.15) is 41.9 Å². The molecule has 0 spiro atoms. The number of carbonyl (C=O) groups is 1. The van der Waals surface area contributed by atoms with Crippen LogP contribution in [0.4, 0.5) is 0 Å². The summed E-state index contributed by atoms with van der Waals surface area (Å²) in [5.74, 6) is -0.148. The van der Waals surface area contributed by atoms with Crippen molar-refractivity contribution in [2.24, 2.45) is 17.2 Å². The van der Waals surface area contributed by atoms with Gasteiger partial charge < -0.3 is 77.8 Å². The van der Waals surface area contributed by atoms with Gasteiger partial charge in [0.2, 0.25) is 12.2 Å². The van der Waals surface area contributed by atoms with E-state index in [0.29, 0.717) is 12.2 Å². The topological polar surface area (TPSA) is 285 Å². The molecule has 18 nitrogen and oxygen atoms in total. The molecule has 0 bridgehead atoms. The molecule has 1 saturated carbocycles. The predicted octanol–water partition coefficient (Wildman–Crippen LogP) is -6.33. The first kappa shape index (κ1) is 36.2. The average molecular weight is 648 g/mol. The maximum absolute atomic E-state index is 13.0. The molecule has 3 aliphatic heterocycles. The quantitative estimate of drug-likeness (QED) is 0.0447. The van der Waals surface area contributed by atoms with Crippen molar-refractivity contribution in [2.45, 2.75) is 105 Å². The van der Waals surface area contributed by atoms with Gasteiger partial charge in [-0.1, -0.05) is 0 Å². The van der Waals surface area contributed by atoms with Gasteiger partial charge in [0.25, 0.3) is 0 Å². The summed E-state index contributed by atoms with van der Waals surface area (Å²) in [6.45, 7) is 3.55. The molecule has 1 aliphatic carbocycles. The molecule has 18 heteroatoms. The van der Waals surface area contributed by atoms with Crippen LogP contribution in [-0.4, -0.2) is 152 Å². The Kier molecular flexibility index (Phi) is 13.3. The highest BCUT2D eigenvalue weighted by molar-refractivity contribution is 5.80. The number of hydrazine groups is 1. The van der Waals surface area contributed by atoms with Gasteiger partial charge in [-0.3, -0.25) is 10.2 Å². The number of nitrogens with two attached hydrogens (primary N) is 3. The van der Waals surface area contributed by atoms with E-state index in [1.54, 1.807) is 7.05 Å². The minimum absolute atomic E-state index is 0.0711. The van der Waals surface area contributed by atoms with Crippen molar-refractivity contribution in [1.29, 1.82) is 0 Å². The van der Waals surface area contributed by atoms with E-state index in [1.807, 2.05) is 6.08 Å². The molecule has 1 unspecified atom stereocenters. The van der Waals surface area contributed by atoms with Crippen molar-refractivity contribution in [1.82, 2.24) is 32.1 Å². The van der Waals surface area contributed by atoms with Gasteiger partial charge in [0.05, 0.1) is 37.9 Å². The fourth-order valence-electron chi connectivity index (χ4n) is 6.15. The first-order valence-corrected chi connectivity index (χ1v) is 15.6. The van der Waals surface area contributed by atoms with Gasteiger partial charge in [0.15, 0.2) is 6.29 Å². The van der Waals surface area contributed by atoms with E-state index < -0.39 is 72.7 Å². The summed E-state index contributed by atoms with van der Waals surface area (Å²) in [7, 11) is 1.59. The Morgan fingerprint density at radius 3 is 2.53 bits per heavy atom. The Labute approximate surface area is 263 Å². The first-order valence-electron chi connectivity index (χ1n) is 15.6. The van der Waals surface area contributed by atoms with Gasteiger partial charge in [-0.15, -0.1) is 0 Å². The molecule has 0 aromatic rings. The van der Waals surface area contributed by atoms with E-state index >= 15 is 0 Å². The van der Waals surface area contributed by atoms with Gasteiger partial charge in [0, 0.05) is 31.7 Å². The minimum Gasteiger partial charge on any atom is -0.467 e. The molecular weight excluding hydrogens is 594 g/mol. The SMILES string of the molecule is CN[C@@H]1[C@@H](O)[C@@H](O[C@H]2[C@H](NC(=O)[C@@H](O)CCNNCN)C[C@H](N)C(O[C@H]3OC(CN)=CC[C@H]3NC3CNC3)[C@@H]2O)OC[C@]1(C)O. The molecule has 4 aliphatic rings. The van der Waals surface area contributed by atoms with Crippen LogP contribution in [0, 0.1) is 0 Å². The van der Waals surface area contributed by atoms with Crippen molar-refractivity contribution in [3.05, 3.63) is 11.8 Å². The number of carbonyl (C=O) groups excluding carboxylic acids is 1. The monoisotopic (exact) mass is 647 g/mol. The fourth-order valence-corrected chi connectivity index (χ4v) is 6.15. The van der Waals surface area contributed by atoms with Gasteiger partial charge in [-0.2, -0.15) is 0 Å². The van der Waals surface area contributed by atoms with Crippen molar-refractivity contribution in [2.75, 3.05) is 46.5 Å². The number of ether oxygens (including phenoxy) is 4. The summed E-state index contributed by atoms with van der Waals surface area (Å²) in [6.07, 6.45) is -5.83. The van der Waals surface area contributed by atoms with E-state index in [4.69, 9.17) is 36.1 Å². The van der Waals surface area contributed by atoms with Crippen LogP contribution in [0.3, 0.4) is 0 Å². The lowest BCUT2D eigenvalue weighted by Crippen LogP contribution is -2.69. The summed E-state index contributed by atoms with van der Waals surface area (Å²) >= 11 is 0. The van der Waals surface area contributed by atoms with Crippen molar-refractivity contribution in [3.63, 3.8) is 0 Å². The van der Waals surface area contributed by atoms with Crippen LogP contribution in [0.2, 0.25) is 0 Å². The predicted molar refractivity (Wildman–Crippen MR) is 161 cm³/mol. The van der Waals surface area contributed by atoms with Crippen LogP contribution < -0.4 is 49.3 Å². The molecule has 3 heterocycles. The smallest absolute Gasteiger partial charge is 0.249 e. The molecule has 0 aromatic carbocycles. The molecule has 260 valence electrons. The Morgan fingerprint density at radius 1 is 1.16 bits per heavy atom. The summed E-state index contributed by atoms with van der Waals surface area (Å²) in [4.78, 5) is 13.0. The summed E-state index contributed by atoms with van der Waals surface area (Å²) in [6, 6.07) is -2.53. The molecule has 0 radical (unpaired) electrons. The van der Waals surface area contributed by atoms with Gasteiger partial charge in [-0.05, 0) is 39.3 Å². The molecule has 4 rings (SSSR count). The highest BCUT2D eigenvalue weighted by atomic mass is 16.7. The van der Waals surface area contributed by atoms with Crippen LogP contribution in [0.25, 0.3) is 0 Å². The van der Waals surface area contributed by atoms with E-state index in [-0.39, 0.29) is 51.3 Å². The number of aliphatic hydroxyl groups is 4. The summed E-state index contributed by atoms with van der Waals surface area (Å²) in [5, 5.41) is 56.3. The molecular formula is C27H53N9O9. The molecule has 3 fully saturated rings. The number of aliphatic hydroxyl groups excluding tert-OH is 3. The first-order chi connectivity index (χ1) is 21.5. The third kappa shape index (κ3) is 9.06. The maximum Gasteiger partial charge on any atom is 0.249 e. The molecule has 45 heavy (non-hydrogen) atoms. The van der Waals surface area contributed by atoms with E-state index in [2.05, 4.69) is 32.1 Å². The number of amides is 1. The maximum atomic E-state index is 13.0. The highest BCUT2D eigenvalue weighted by Crippen LogP contribution is 2.32. The second kappa shape index (κ2) is 16.5. The molecule has 12 atom stereocenters. The van der Waals surface area contributed by atoms with Gasteiger partial charge >= 0.3 is 0 Å². The third-order valence-electron chi connectivity index (χ3n) is 8.77. The molecule has 0 aromatic heterocycles. The molecule has 1 amide bonds. The van der Waals surface area contributed by atoms with E-state index in [1.165, 1.54) is 6.92 Å². The van der Waals surface area contributed by atoms with Crippen LogP contribution in [0.15, 0.2) is 11.8 Å². The second-order valence-corrected chi connectivity index (χ2v) is 12.3. The Hall–Kier alpha value is -1.59. The average Bonchev–Trinajstić information content (AvgIpc) is 2.98.